The Morgan fingerprint density at radius 2 is 1.71 bits per heavy atom. The normalized spacial score (nSPS) is 10.6. The van der Waals surface area contributed by atoms with Gasteiger partial charge in [-0.25, -0.2) is 4.79 Å². The summed E-state index contributed by atoms with van der Waals surface area (Å²) >= 11 is 1.12. The maximum atomic E-state index is 12.3. The highest BCUT2D eigenvalue weighted by atomic mass is 32.1. The predicted molar refractivity (Wildman–Crippen MR) is 110 cm³/mol. The lowest BCUT2D eigenvalue weighted by atomic mass is 9.98. The van der Waals surface area contributed by atoms with Crippen LogP contribution in [0.25, 0.3) is 0 Å². The van der Waals surface area contributed by atoms with E-state index in [1.807, 2.05) is 36.4 Å². The lowest BCUT2D eigenvalue weighted by Crippen LogP contribution is -2.84. The average molecular weight is 393 g/mol. The average Bonchev–Trinajstić information content (AvgIpc) is 3.05. The van der Waals surface area contributed by atoms with Crippen LogP contribution in [0, 0.1) is 11.3 Å². The van der Waals surface area contributed by atoms with E-state index in [1.165, 1.54) is 0 Å². The number of nitriles is 1. The number of hydrogen-bond acceptors (Lipinski definition) is 5. The third-order valence-electron chi connectivity index (χ3n) is 4.48. The number of carbonyl (C=O) groups is 1. The van der Waals surface area contributed by atoms with Gasteiger partial charge in [-0.1, -0.05) is 60.7 Å². The van der Waals surface area contributed by atoms with Crippen molar-refractivity contribution < 1.29 is 14.8 Å². The molecule has 2 aromatic carbocycles. The molecule has 0 amide bonds. The first kappa shape index (κ1) is 19.6. The van der Waals surface area contributed by atoms with Crippen LogP contribution in [0.3, 0.4) is 0 Å². The van der Waals surface area contributed by atoms with Crippen LogP contribution in [0.15, 0.2) is 60.7 Å². The summed E-state index contributed by atoms with van der Waals surface area (Å²) in [7, 11) is 0. The number of hydrogen-bond donors (Lipinski definition) is 2. The number of nitrogens with two attached hydrogens (primary N) is 2. The number of ether oxygens (including phenoxy) is 1. The van der Waals surface area contributed by atoms with Gasteiger partial charge >= 0.3 is 5.97 Å². The van der Waals surface area contributed by atoms with Crippen molar-refractivity contribution in [1.82, 2.24) is 0 Å². The summed E-state index contributed by atoms with van der Waals surface area (Å²) < 4.78 is 5.15. The number of nitrogens with zero attached hydrogens (tertiary/aromatic N) is 1. The Morgan fingerprint density at radius 1 is 1.14 bits per heavy atom. The fourth-order valence-corrected chi connectivity index (χ4v) is 4.13. The van der Waals surface area contributed by atoms with E-state index in [-0.39, 0.29) is 12.6 Å². The molecular formula is C22H22N3O2S+. The molecule has 0 unspecified atom stereocenters. The summed E-state index contributed by atoms with van der Waals surface area (Å²) in [4.78, 5) is 12.8. The number of nitrogen functional groups attached to an aromatic ring is 1. The second kappa shape index (κ2) is 9.18. The Morgan fingerprint density at radius 3 is 2.21 bits per heavy atom. The third-order valence-corrected chi connectivity index (χ3v) is 5.52. The van der Waals surface area contributed by atoms with Crippen LogP contribution >= 0.6 is 11.3 Å². The highest BCUT2D eigenvalue weighted by molar-refractivity contribution is 7.18. The van der Waals surface area contributed by atoms with Gasteiger partial charge in [-0.3, -0.25) is 0 Å². The second-order valence-corrected chi connectivity index (χ2v) is 7.27. The molecule has 6 heteroatoms. The van der Waals surface area contributed by atoms with E-state index in [0.717, 1.165) is 22.5 Å². The summed E-state index contributed by atoms with van der Waals surface area (Å²) in [6.45, 7) is 2.48. The van der Waals surface area contributed by atoms with Crippen molar-refractivity contribution in [3.05, 3.63) is 87.8 Å². The molecule has 1 aromatic heterocycles. The fraction of sp³-hybridized carbons (Fsp3) is 0.182. The Bertz CT molecular complexity index is 939. The molecule has 0 saturated carbocycles. The molecule has 1 heterocycles. The molecule has 0 aliphatic heterocycles. The van der Waals surface area contributed by atoms with Crippen LogP contribution in [-0.4, -0.2) is 12.6 Å². The highest BCUT2D eigenvalue weighted by Crippen LogP contribution is 2.31. The van der Waals surface area contributed by atoms with Crippen LogP contribution in [0.1, 0.15) is 44.9 Å². The minimum atomic E-state index is -0.430. The molecule has 142 valence electrons. The zero-order valence-electron chi connectivity index (χ0n) is 15.6. The van der Waals surface area contributed by atoms with E-state index in [1.54, 1.807) is 6.92 Å². The molecule has 0 aliphatic rings. The lowest BCUT2D eigenvalue weighted by Gasteiger charge is -2.17. The first-order chi connectivity index (χ1) is 13.7. The summed E-state index contributed by atoms with van der Waals surface area (Å²) in [6, 6.07) is 22.5. The van der Waals surface area contributed by atoms with E-state index in [9.17, 15) is 10.1 Å². The SMILES string of the molecule is CCOC(=O)c1sc(N)c(C#N)c1C[NH2+]C(c1ccccc1)c1ccccc1. The molecule has 0 atom stereocenters. The Balaban J connectivity index is 1.94. The van der Waals surface area contributed by atoms with Crippen molar-refractivity contribution in [2.75, 3.05) is 12.3 Å². The summed E-state index contributed by atoms with van der Waals surface area (Å²) in [6.07, 6.45) is 0. The zero-order valence-corrected chi connectivity index (χ0v) is 16.4. The van der Waals surface area contributed by atoms with Crippen LogP contribution in [0.2, 0.25) is 0 Å². The maximum Gasteiger partial charge on any atom is 0.348 e. The molecule has 0 saturated heterocycles. The number of thiophene rings is 1. The van der Waals surface area contributed by atoms with E-state index in [4.69, 9.17) is 10.5 Å². The lowest BCUT2D eigenvalue weighted by molar-refractivity contribution is -0.702. The molecule has 28 heavy (non-hydrogen) atoms. The van der Waals surface area contributed by atoms with Gasteiger partial charge in [0.15, 0.2) is 0 Å². The fourth-order valence-electron chi connectivity index (χ4n) is 3.18. The molecule has 5 nitrogen and oxygen atoms in total. The summed E-state index contributed by atoms with van der Waals surface area (Å²) in [5.41, 5.74) is 9.29. The minimum absolute atomic E-state index is 0.0325. The minimum Gasteiger partial charge on any atom is -0.462 e. The number of quaternary nitrogens is 1. The van der Waals surface area contributed by atoms with Crippen molar-refractivity contribution >= 4 is 22.3 Å². The van der Waals surface area contributed by atoms with E-state index in [2.05, 4.69) is 35.7 Å². The first-order valence-electron chi connectivity index (χ1n) is 9.07. The molecule has 3 aromatic rings. The largest absolute Gasteiger partial charge is 0.462 e. The topological polar surface area (TPSA) is 92.7 Å². The van der Waals surface area contributed by atoms with Gasteiger partial charge in [0.2, 0.25) is 0 Å². The summed E-state index contributed by atoms with van der Waals surface area (Å²) in [5.74, 6) is -0.430. The van der Waals surface area contributed by atoms with Gasteiger partial charge in [0.1, 0.15) is 28.5 Å². The molecule has 0 bridgehead atoms. The van der Waals surface area contributed by atoms with Gasteiger partial charge in [0.05, 0.1) is 17.7 Å². The Labute approximate surface area is 168 Å². The number of benzene rings is 2. The molecule has 0 fully saturated rings. The number of anilines is 1. The van der Waals surface area contributed by atoms with Gasteiger partial charge in [0.25, 0.3) is 0 Å². The number of carbonyl (C=O) groups excluding carboxylic acids is 1. The van der Waals surface area contributed by atoms with Crippen LogP contribution in [-0.2, 0) is 11.3 Å². The van der Waals surface area contributed by atoms with Crippen molar-refractivity contribution in [2.45, 2.75) is 19.5 Å². The Hall–Kier alpha value is -3.14. The number of rotatable bonds is 7. The van der Waals surface area contributed by atoms with E-state index < -0.39 is 5.97 Å². The summed E-state index contributed by atoms with van der Waals surface area (Å²) in [5, 5.41) is 12.0. The predicted octanol–water partition coefficient (Wildman–Crippen LogP) is 3.23. The zero-order chi connectivity index (χ0) is 19.9. The van der Waals surface area contributed by atoms with Crippen LogP contribution in [0.5, 0.6) is 0 Å². The number of esters is 1. The van der Waals surface area contributed by atoms with E-state index in [0.29, 0.717) is 27.5 Å². The van der Waals surface area contributed by atoms with E-state index >= 15 is 0 Å². The standard InChI is InChI=1S/C22H21N3O2S/c1-2-27-22(26)20-18(17(13-23)21(24)28-20)14-25-19(15-9-5-3-6-10-15)16-11-7-4-8-12-16/h3-12,19,25H,2,14,24H2,1H3/p+1. The van der Waals surface area contributed by atoms with Crippen LogP contribution < -0.4 is 11.1 Å². The van der Waals surface area contributed by atoms with Crippen molar-refractivity contribution in [2.24, 2.45) is 0 Å². The van der Waals surface area contributed by atoms with Crippen molar-refractivity contribution in [1.29, 1.82) is 5.26 Å². The Kier molecular flexibility index (Phi) is 6.43. The molecule has 0 radical (unpaired) electrons. The van der Waals surface area contributed by atoms with Gasteiger partial charge < -0.3 is 15.8 Å². The molecule has 0 aliphatic carbocycles. The van der Waals surface area contributed by atoms with Crippen molar-refractivity contribution in [3.63, 3.8) is 0 Å². The van der Waals surface area contributed by atoms with Gasteiger partial charge in [-0.05, 0) is 6.92 Å². The smallest absolute Gasteiger partial charge is 0.348 e. The third kappa shape index (κ3) is 4.22. The second-order valence-electron chi connectivity index (χ2n) is 6.22. The molecule has 3 rings (SSSR count). The van der Waals surface area contributed by atoms with Crippen LogP contribution in [0.4, 0.5) is 5.00 Å². The molecule has 4 N–H and O–H groups in total. The maximum absolute atomic E-state index is 12.3. The van der Waals surface area contributed by atoms with Gasteiger partial charge in [-0.15, -0.1) is 11.3 Å². The first-order valence-corrected chi connectivity index (χ1v) is 9.88. The molecule has 0 spiro atoms. The highest BCUT2D eigenvalue weighted by Gasteiger charge is 2.26. The van der Waals surface area contributed by atoms with Gasteiger partial charge in [-0.2, -0.15) is 5.26 Å². The molecular weight excluding hydrogens is 370 g/mol. The van der Waals surface area contributed by atoms with Crippen molar-refractivity contribution in [3.8, 4) is 6.07 Å². The quantitative estimate of drug-likeness (QED) is 0.604. The monoisotopic (exact) mass is 392 g/mol. The van der Waals surface area contributed by atoms with Gasteiger partial charge in [0, 0.05) is 11.1 Å².